The maximum atomic E-state index is 12.9. The molecule has 5 nitrogen and oxygen atoms in total. The summed E-state index contributed by atoms with van der Waals surface area (Å²) in [5, 5.41) is 0. The number of hydrogen-bond acceptors (Lipinski definition) is 2. The van der Waals surface area contributed by atoms with Crippen LogP contribution in [0.15, 0.2) is 24.3 Å². The summed E-state index contributed by atoms with van der Waals surface area (Å²) in [4.78, 5) is 31.0. The summed E-state index contributed by atoms with van der Waals surface area (Å²) < 4.78 is 0. The van der Waals surface area contributed by atoms with E-state index in [-0.39, 0.29) is 17.9 Å². The van der Waals surface area contributed by atoms with Gasteiger partial charge in [0.25, 0.3) is 0 Å². The zero-order valence-electron chi connectivity index (χ0n) is 14.7. The van der Waals surface area contributed by atoms with Crippen LogP contribution < -0.4 is 4.90 Å². The van der Waals surface area contributed by atoms with Gasteiger partial charge in [-0.3, -0.25) is 4.79 Å². The second-order valence-electron chi connectivity index (χ2n) is 6.58. The fraction of sp³-hybridized carbons (Fsp3) is 0.579. The van der Waals surface area contributed by atoms with E-state index < -0.39 is 0 Å². The molecule has 1 aromatic carbocycles. The van der Waals surface area contributed by atoms with E-state index in [1.165, 1.54) is 5.56 Å². The van der Waals surface area contributed by atoms with Gasteiger partial charge in [-0.25, -0.2) is 4.79 Å². The molecule has 1 aromatic rings. The molecule has 0 bridgehead atoms. The van der Waals surface area contributed by atoms with Gasteiger partial charge in [0.05, 0.1) is 0 Å². The lowest BCUT2D eigenvalue weighted by Gasteiger charge is -2.35. The summed E-state index contributed by atoms with van der Waals surface area (Å²) >= 11 is 0. The van der Waals surface area contributed by atoms with Gasteiger partial charge in [0.2, 0.25) is 5.91 Å². The lowest BCUT2D eigenvalue weighted by Crippen LogP contribution is -2.48. The van der Waals surface area contributed by atoms with Crippen molar-refractivity contribution < 1.29 is 9.59 Å². The van der Waals surface area contributed by atoms with Gasteiger partial charge in [-0.05, 0) is 44.7 Å². The van der Waals surface area contributed by atoms with Crippen LogP contribution in [0.1, 0.15) is 32.3 Å². The molecule has 0 unspecified atom stereocenters. The minimum Gasteiger partial charge on any atom is -0.325 e. The Balaban J connectivity index is 1.59. The predicted octanol–water partition coefficient (Wildman–Crippen LogP) is 2.75. The minimum absolute atomic E-state index is 0.0388. The van der Waals surface area contributed by atoms with Gasteiger partial charge in [-0.2, -0.15) is 0 Å². The number of piperidine rings is 1. The first kappa shape index (κ1) is 16.8. The molecular formula is C19H27N3O2. The Labute approximate surface area is 144 Å². The Hall–Kier alpha value is -2.04. The van der Waals surface area contributed by atoms with Crippen LogP contribution in [0, 0.1) is 5.92 Å². The Morgan fingerprint density at radius 1 is 1.08 bits per heavy atom. The van der Waals surface area contributed by atoms with Gasteiger partial charge in [-0.1, -0.05) is 18.2 Å². The average Bonchev–Trinajstić information content (AvgIpc) is 3.06. The normalized spacial score (nSPS) is 17.8. The summed E-state index contributed by atoms with van der Waals surface area (Å²) in [7, 11) is 0. The number of amides is 3. The highest BCUT2D eigenvalue weighted by molar-refractivity contribution is 5.97. The Kier molecular flexibility index (Phi) is 5.07. The standard InChI is InChI=1S/C19H27N3O2/c1-3-20(4-2)19(24)21-12-9-16(10-13-21)18(23)22-14-11-15-7-5-6-8-17(15)22/h5-8,16H,3-4,9-14H2,1-2H3. The van der Waals surface area contributed by atoms with Crippen molar-refractivity contribution in [3.63, 3.8) is 0 Å². The number of likely N-dealkylation sites (tertiary alicyclic amines) is 1. The first-order valence-electron chi connectivity index (χ1n) is 9.08. The Bertz CT molecular complexity index is 604. The molecule has 0 saturated carbocycles. The molecule has 1 saturated heterocycles. The smallest absolute Gasteiger partial charge is 0.319 e. The minimum atomic E-state index is 0.0388. The predicted molar refractivity (Wildman–Crippen MR) is 95.1 cm³/mol. The van der Waals surface area contributed by atoms with E-state index in [1.54, 1.807) is 0 Å². The van der Waals surface area contributed by atoms with Crippen molar-refractivity contribution in [3.8, 4) is 0 Å². The number of benzene rings is 1. The molecule has 3 rings (SSSR count). The highest BCUT2D eigenvalue weighted by atomic mass is 16.2. The van der Waals surface area contributed by atoms with Gasteiger partial charge < -0.3 is 14.7 Å². The van der Waals surface area contributed by atoms with Crippen LogP contribution in [0.3, 0.4) is 0 Å². The van der Waals surface area contributed by atoms with E-state index in [4.69, 9.17) is 0 Å². The molecule has 0 radical (unpaired) electrons. The molecule has 0 N–H and O–H groups in total. The van der Waals surface area contributed by atoms with E-state index in [0.29, 0.717) is 13.1 Å². The molecule has 1 fully saturated rings. The van der Waals surface area contributed by atoms with Crippen molar-refractivity contribution >= 4 is 17.6 Å². The Morgan fingerprint density at radius 2 is 1.75 bits per heavy atom. The second kappa shape index (κ2) is 7.24. The number of anilines is 1. The molecule has 0 atom stereocenters. The second-order valence-corrected chi connectivity index (χ2v) is 6.58. The molecule has 2 aliphatic rings. The van der Waals surface area contributed by atoms with Crippen LogP contribution in [-0.4, -0.2) is 54.5 Å². The number of carbonyl (C=O) groups excluding carboxylic acids is 2. The summed E-state index contributed by atoms with van der Waals surface area (Å²) in [6, 6.07) is 8.28. The zero-order valence-corrected chi connectivity index (χ0v) is 14.7. The topological polar surface area (TPSA) is 43.9 Å². The largest absolute Gasteiger partial charge is 0.325 e. The molecule has 3 amide bonds. The Morgan fingerprint density at radius 3 is 2.42 bits per heavy atom. The van der Waals surface area contributed by atoms with Gasteiger partial charge in [0, 0.05) is 44.3 Å². The van der Waals surface area contributed by atoms with Crippen molar-refractivity contribution in [2.75, 3.05) is 37.6 Å². The number of urea groups is 1. The maximum Gasteiger partial charge on any atom is 0.319 e. The van der Waals surface area contributed by atoms with Crippen LogP contribution >= 0.6 is 0 Å². The molecule has 2 aliphatic heterocycles. The fourth-order valence-electron chi connectivity index (χ4n) is 3.80. The van der Waals surface area contributed by atoms with E-state index in [2.05, 4.69) is 6.07 Å². The van der Waals surface area contributed by atoms with E-state index in [9.17, 15) is 9.59 Å². The number of carbonyl (C=O) groups is 2. The zero-order chi connectivity index (χ0) is 17.1. The third-order valence-electron chi connectivity index (χ3n) is 5.30. The molecule has 0 spiro atoms. The third-order valence-corrected chi connectivity index (χ3v) is 5.30. The van der Waals surface area contributed by atoms with Crippen LogP contribution in [0.2, 0.25) is 0 Å². The maximum absolute atomic E-state index is 12.9. The number of fused-ring (bicyclic) bond motifs is 1. The van der Waals surface area contributed by atoms with Crippen molar-refractivity contribution in [1.82, 2.24) is 9.80 Å². The monoisotopic (exact) mass is 329 g/mol. The molecule has 5 heteroatoms. The summed E-state index contributed by atoms with van der Waals surface area (Å²) in [6.45, 7) is 7.63. The number of rotatable bonds is 3. The number of hydrogen-bond donors (Lipinski definition) is 0. The molecule has 24 heavy (non-hydrogen) atoms. The van der Waals surface area contributed by atoms with Crippen molar-refractivity contribution in [3.05, 3.63) is 29.8 Å². The van der Waals surface area contributed by atoms with Gasteiger partial charge in [0.1, 0.15) is 0 Å². The quantitative estimate of drug-likeness (QED) is 0.856. The molecule has 0 aliphatic carbocycles. The molecule has 130 valence electrons. The lowest BCUT2D eigenvalue weighted by atomic mass is 9.95. The third kappa shape index (κ3) is 3.12. The van der Waals surface area contributed by atoms with Crippen molar-refractivity contribution in [2.24, 2.45) is 5.92 Å². The average molecular weight is 329 g/mol. The van der Waals surface area contributed by atoms with Gasteiger partial charge in [-0.15, -0.1) is 0 Å². The highest BCUT2D eigenvalue weighted by Gasteiger charge is 2.33. The van der Waals surface area contributed by atoms with E-state index in [0.717, 1.165) is 44.6 Å². The lowest BCUT2D eigenvalue weighted by molar-refractivity contribution is -0.123. The molecule has 2 heterocycles. The van der Waals surface area contributed by atoms with Gasteiger partial charge in [0.15, 0.2) is 0 Å². The van der Waals surface area contributed by atoms with Crippen molar-refractivity contribution in [1.29, 1.82) is 0 Å². The van der Waals surface area contributed by atoms with Crippen LogP contribution in [-0.2, 0) is 11.2 Å². The van der Waals surface area contributed by atoms with Crippen LogP contribution in [0.4, 0.5) is 10.5 Å². The number of para-hydroxylation sites is 1. The fourth-order valence-corrected chi connectivity index (χ4v) is 3.80. The van der Waals surface area contributed by atoms with Gasteiger partial charge >= 0.3 is 6.03 Å². The van der Waals surface area contributed by atoms with Crippen LogP contribution in [0.5, 0.6) is 0 Å². The first-order valence-corrected chi connectivity index (χ1v) is 9.08. The van der Waals surface area contributed by atoms with E-state index in [1.807, 2.05) is 46.7 Å². The summed E-state index contributed by atoms with van der Waals surface area (Å²) in [5.41, 5.74) is 2.34. The summed E-state index contributed by atoms with van der Waals surface area (Å²) in [6.07, 6.45) is 2.48. The van der Waals surface area contributed by atoms with E-state index >= 15 is 0 Å². The van der Waals surface area contributed by atoms with Crippen molar-refractivity contribution in [2.45, 2.75) is 33.1 Å². The van der Waals surface area contributed by atoms with Crippen LogP contribution in [0.25, 0.3) is 0 Å². The first-order chi connectivity index (χ1) is 11.7. The highest BCUT2D eigenvalue weighted by Crippen LogP contribution is 2.31. The molecule has 0 aromatic heterocycles. The SMILES string of the molecule is CCN(CC)C(=O)N1CCC(C(=O)N2CCc3ccccc32)CC1. The molecular weight excluding hydrogens is 302 g/mol. The summed E-state index contributed by atoms with van der Waals surface area (Å²) in [5.74, 6) is 0.270. The number of nitrogens with zero attached hydrogens (tertiary/aromatic N) is 3.